The summed E-state index contributed by atoms with van der Waals surface area (Å²) in [6.07, 6.45) is 4.20. The summed E-state index contributed by atoms with van der Waals surface area (Å²) in [5, 5.41) is 3.29. The first kappa shape index (κ1) is 14.8. The summed E-state index contributed by atoms with van der Waals surface area (Å²) >= 11 is 1.42. The largest absolute Gasteiger partial charge is 0.365 e. The minimum atomic E-state index is -0.505. The molecule has 120 valence electrons. The number of nitrogens with zero attached hydrogens (tertiary/aromatic N) is 2. The number of thiophene rings is 1. The van der Waals surface area contributed by atoms with Crippen LogP contribution in [0.1, 0.15) is 37.7 Å². The molecule has 6 nitrogen and oxygen atoms in total. The number of carbonyl (C=O) groups is 2. The monoisotopic (exact) mass is 338 g/mol. The van der Waals surface area contributed by atoms with E-state index in [2.05, 4.69) is 15.3 Å². The fraction of sp³-hybridized carbons (Fsp3) is 0.176. The SMILES string of the molecule is NC(=O)c1c(NC(=O)c2cnc3ccccc3n2)sc2c1CCC2. The van der Waals surface area contributed by atoms with Gasteiger partial charge in [-0.1, -0.05) is 12.1 Å². The molecule has 2 heterocycles. The van der Waals surface area contributed by atoms with Gasteiger partial charge in [0.1, 0.15) is 10.7 Å². The van der Waals surface area contributed by atoms with Crippen molar-refractivity contribution in [2.75, 3.05) is 5.32 Å². The molecule has 0 unspecified atom stereocenters. The maximum atomic E-state index is 12.5. The number of primary amides is 1. The van der Waals surface area contributed by atoms with Crippen LogP contribution in [0.4, 0.5) is 5.00 Å². The van der Waals surface area contributed by atoms with Crippen molar-refractivity contribution < 1.29 is 9.59 Å². The highest BCUT2D eigenvalue weighted by molar-refractivity contribution is 7.17. The van der Waals surface area contributed by atoms with Crippen LogP contribution in [-0.2, 0) is 12.8 Å². The second-order valence-electron chi connectivity index (χ2n) is 5.62. The van der Waals surface area contributed by atoms with Gasteiger partial charge in [0.2, 0.25) is 0 Å². The first-order chi connectivity index (χ1) is 11.6. The van der Waals surface area contributed by atoms with E-state index in [1.54, 1.807) is 6.07 Å². The summed E-state index contributed by atoms with van der Waals surface area (Å²) in [6.45, 7) is 0. The fourth-order valence-electron chi connectivity index (χ4n) is 2.99. The number of rotatable bonds is 3. The summed E-state index contributed by atoms with van der Waals surface area (Å²) in [7, 11) is 0. The molecule has 4 rings (SSSR count). The molecular weight excluding hydrogens is 324 g/mol. The van der Waals surface area contributed by atoms with Gasteiger partial charge in [0.25, 0.3) is 11.8 Å². The van der Waals surface area contributed by atoms with E-state index >= 15 is 0 Å². The van der Waals surface area contributed by atoms with Gasteiger partial charge >= 0.3 is 0 Å². The highest BCUT2D eigenvalue weighted by Gasteiger charge is 2.26. The van der Waals surface area contributed by atoms with Crippen LogP contribution in [-0.4, -0.2) is 21.8 Å². The molecule has 0 bridgehead atoms. The molecule has 0 spiro atoms. The molecule has 1 aliphatic carbocycles. The summed E-state index contributed by atoms with van der Waals surface area (Å²) < 4.78 is 0. The van der Waals surface area contributed by atoms with Crippen LogP contribution in [0.25, 0.3) is 11.0 Å². The van der Waals surface area contributed by atoms with Gasteiger partial charge in [-0.05, 0) is 37.0 Å². The van der Waals surface area contributed by atoms with Crippen LogP contribution < -0.4 is 11.1 Å². The lowest BCUT2D eigenvalue weighted by molar-refractivity contribution is 0.100. The quantitative estimate of drug-likeness (QED) is 0.766. The Balaban J connectivity index is 1.67. The Kier molecular flexibility index (Phi) is 3.50. The minimum Gasteiger partial charge on any atom is -0.365 e. The molecule has 0 fully saturated rings. The van der Waals surface area contributed by atoms with Crippen LogP contribution in [0.15, 0.2) is 30.5 Å². The fourth-order valence-corrected chi connectivity index (χ4v) is 4.28. The molecule has 0 saturated carbocycles. The van der Waals surface area contributed by atoms with E-state index < -0.39 is 11.8 Å². The van der Waals surface area contributed by atoms with E-state index in [1.165, 1.54) is 17.5 Å². The van der Waals surface area contributed by atoms with Gasteiger partial charge in [-0.3, -0.25) is 14.6 Å². The predicted octanol–water partition coefficient (Wildman–Crippen LogP) is 2.53. The molecule has 7 heteroatoms. The topological polar surface area (TPSA) is 98.0 Å². The van der Waals surface area contributed by atoms with Crippen molar-refractivity contribution in [1.82, 2.24) is 9.97 Å². The number of amides is 2. The maximum absolute atomic E-state index is 12.5. The number of hydrogen-bond acceptors (Lipinski definition) is 5. The molecule has 0 saturated heterocycles. The number of benzene rings is 1. The summed E-state index contributed by atoms with van der Waals surface area (Å²) in [6, 6.07) is 7.34. The molecule has 0 aliphatic heterocycles. The van der Waals surface area contributed by atoms with Crippen molar-refractivity contribution in [3.63, 3.8) is 0 Å². The lowest BCUT2D eigenvalue weighted by Crippen LogP contribution is -2.18. The standard InChI is InChI=1S/C17H14N4O2S/c18-15(22)14-9-4-3-7-13(9)24-17(14)21-16(23)12-8-19-10-5-1-2-6-11(10)20-12/h1-2,5-6,8H,3-4,7H2,(H2,18,22)(H,21,23). The number of carbonyl (C=O) groups excluding carboxylic acids is 2. The Labute approximate surface area is 141 Å². The molecular formula is C17H14N4O2S. The molecule has 3 N–H and O–H groups in total. The molecule has 3 aromatic rings. The Hall–Kier alpha value is -2.80. The predicted molar refractivity (Wildman–Crippen MR) is 92.4 cm³/mol. The number of aromatic nitrogens is 2. The molecule has 1 aromatic carbocycles. The minimum absolute atomic E-state index is 0.206. The lowest BCUT2D eigenvalue weighted by Gasteiger charge is -2.06. The van der Waals surface area contributed by atoms with E-state index in [1.807, 2.05) is 18.2 Å². The van der Waals surface area contributed by atoms with Gasteiger partial charge in [0.15, 0.2) is 0 Å². The normalized spacial score (nSPS) is 13.0. The van der Waals surface area contributed by atoms with E-state index in [4.69, 9.17) is 5.73 Å². The lowest BCUT2D eigenvalue weighted by atomic mass is 10.1. The first-order valence-corrected chi connectivity index (χ1v) is 8.42. The van der Waals surface area contributed by atoms with Crippen LogP contribution in [0, 0.1) is 0 Å². The van der Waals surface area contributed by atoms with E-state index in [0.29, 0.717) is 16.1 Å². The Bertz CT molecular complexity index is 980. The second kappa shape index (κ2) is 5.68. The first-order valence-electron chi connectivity index (χ1n) is 7.61. The summed E-state index contributed by atoms with van der Waals surface area (Å²) in [5.74, 6) is -0.898. The van der Waals surface area contributed by atoms with Crippen LogP contribution >= 0.6 is 11.3 Å². The third-order valence-corrected chi connectivity index (χ3v) is 5.28. The summed E-state index contributed by atoms with van der Waals surface area (Å²) in [5.41, 5.74) is 8.51. The van der Waals surface area contributed by atoms with Gasteiger partial charge in [0.05, 0.1) is 22.8 Å². The van der Waals surface area contributed by atoms with Crippen molar-refractivity contribution >= 4 is 39.2 Å². The van der Waals surface area contributed by atoms with Crippen molar-refractivity contribution in [3.8, 4) is 0 Å². The van der Waals surface area contributed by atoms with E-state index in [0.717, 1.165) is 35.2 Å². The zero-order chi connectivity index (χ0) is 16.7. The number of nitrogens with two attached hydrogens (primary N) is 1. The number of aryl methyl sites for hydroxylation is 1. The number of anilines is 1. The number of nitrogens with one attached hydrogen (secondary N) is 1. The highest BCUT2D eigenvalue weighted by atomic mass is 32.1. The van der Waals surface area contributed by atoms with Crippen LogP contribution in [0.5, 0.6) is 0 Å². The smallest absolute Gasteiger partial charge is 0.276 e. The van der Waals surface area contributed by atoms with Crippen LogP contribution in [0.2, 0.25) is 0 Å². The van der Waals surface area contributed by atoms with Gasteiger partial charge in [-0.2, -0.15) is 0 Å². The Morgan fingerprint density at radius 2 is 1.96 bits per heavy atom. The Morgan fingerprint density at radius 3 is 2.75 bits per heavy atom. The van der Waals surface area contributed by atoms with Gasteiger partial charge < -0.3 is 11.1 Å². The summed E-state index contributed by atoms with van der Waals surface area (Å²) in [4.78, 5) is 34.0. The van der Waals surface area contributed by atoms with Crippen molar-refractivity contribution in [3.05, 3.63) is 52.2 Å². The van der Waals surface area contributed by atoms with E-state index in [9.17, 15) is 9.59 Å². The third kappa shape index (κ3) is 2.43. The molecule has 0 radical (unpaired) electrons. The maximum Gasteiger partial charge on any atom is 0.276 e. The molecule has 24 heavy (non-hydrogen) atoms. The van der Waals surface area contributed by atoms with Crippen LogP contribution in [0.3, 0.4) is 0 Å². The average Bonchev–Trinajstić information content (AvgIpc) is 3.14. The second-order valence-corrected chi connectivity index (χ2v) is 6.73. The van der Waals surface area contributed by atoms with E-state index in [-0.39, 0.29) is 5.69 Å². The number of hydrogen-bond donors (Lipinski definition) is 2. The average molecular weight is 338 g/mol. The van der Waals surface area contributed by atoms with Gasteiger partial charge in [0, 0.05) is 4.88 Å². The van der Waals surface area contributed by atoms with Crippen molar-refractivity contribution in [1.29, 1.82) is 0 Å². The molecule has 2 aromatic heterocycles. The Morgan fingerprint density at radius 1 is 1.17 bits per heavy atom. The zero-order valence-corrected chi connectivity index (χ0v) is 13.5. The van der Waals surface area contributed by atoms with Gasteiger partial charge in [-0.15, -0.1) is 11.3 Å². The zero-order valence-electron chi connectivity index (χ0n) is 12.7. The molecule has 0 atom stereocenters. The van der Waals surface area contributed by atoms with Crippen molar-refractivity contribution in [2.45, 2.75) is 19.3 Å². The molecule has 2 amide bonds. The number of para-hydroxylation sites is 2. The highest BCUT2D eigenvalue weighted by Crippen LogP contribution is 2.38. The molecule has 1 aliphatic rings. The van der Waals surface area contributed by atoms with Gasteiger partial charge in [-0.25, -0.2) is 4.98 Å². The third-order valence-electron chi connectivity index (χ3n) is 4.08. The number of fused-ring (bicyclic) bond motifs is 2. The van der Waals surface area contributed by atoms with Crippen molar-refractivity contribution in [2.24, 2.45) is 5.73 Å².